The molecule has 2 rings (SSSR count). The SMILES string of the molecule is Cc1c(F)cccc1CN1CC(CO)C(CN(C)CCO)C1. The van der Waals surface area contributed by atoms with Crippen LogP contribution in [0.15, 0.2) is 18.2 Å². The fraction of sp³-hybridized carbons (Fsp3) is 0.647. The summed E-state index contributed by atoms with van der Waals surface area (Å²) in [5.74, 6) is 0.472. The van der Waals surface area contributed by atoms with Gasteiger partial charge < -0.3 is 15.1 Å². The van der Waals surface area contributed by atoms with E-state index in [1.165, 1.54) is 6.07 Å². The molecular weight excluding hydrogens is 283 g/mol. The quantitative estimate of drug-likeness (QED) is 0.792. The summed E-state index contributed by atoms with van der Waals surface area (Å²) in [5, 5.41) is 18.6. The fourth-order valence-corrected chi connectivity index (χ4v) is 3.31. The molecule has 124 valence electrons. The van der Waals surface area contributed by atoms with Crippen LogP contribution in [-0.2, 0) is 6.54 Å². The van der Waals surface area contributed by atoms with Gasteiger partial charge in [-0.3, -0.25) is 4.90 Å². The molecule has 1 saturated heterocycles. The number of rotatable bonds is 7. The molecule has 0 bridgehead atoms. The molecule has 1 aliphatic heterocycles. The van der Waals surface area contributed by atoms with Crippen LogP contribution < -0.4 is 0 Å². The summed E-state index contributed by atoms with van der Waals surface area (Å²) in [4.78, 5) is 4.39. The Balaban J connectivity index is 1.97. The van der Waals surface area contributed by atoms with Crippen molar-refractivity contribution >= 4 is 0 Å². The molecule has 5 heteroatoms. The van der Waals surface area contributed by atoms with E-state index in [0.717, 1.165) is 31.7 Å². The molecule has 0 radical (unpaired) electrons. The average Bonchev–Trinajstić information content (AvgIpc) is 2.86. The number of likely N-dealkylation sites (N-methyl/N-ethyl adjacent to an activating group) is 1. The first-order valence-corrected chi connectivity index (χ1v) is 7.91. The first-order chi connectivity index (χ1) is 10.5. The molecule has 1 aromatic rings. The predicted octanol–water partition coefficient (Wildman–Crippen LogP) is 1.10. The highest BCUT2D eigenvalue weighted by molar-refractivity contribution is 5.27. The van der Waals surface area contributed by atoms with Gasteiger partial charge in [0, 0.05) is 39.3 Å². The molecule has 1 heterocycles. The van der Waals surface area contributed by atoms with Crippen molar-refractivity contribution in [2.75, 3.05) is 46.4 Å². The van der Waals surface area contributed by atoms with Gasteiger partial charge in [-0.05, 0) is 43.0 Å². The molecule has 0 amide bonds. The minimum absolute atomic E-state index is 0.152. The maximum atomic E-state index is 13.6. The van der Waals surface area contributed by atoms with Crippen LogP contribution in [0.5, 0.6) is 0 Å². The lowest BCUT2D eigenvalue weighted by Crippen LogP contribution is -2.32. The third-order valence-electron chi connectivity index (χ3n) is 4.69. The van der Waals surface area contributed by atoms with Crippen molar-refractivity contribution in [1.29, 1.82) is 0 Å². The summed E-state index contributed by atoms with van der Waals surface area (Å²) in [6, 6.07) is 5.22. The monoisotopic (exact) mass is 310 g/mol. The zero-order valence-corrected chi connectivity index (χ0v) is 13.5. The van der Waals surface area contributed by atoms with E-state index in [1.54, 1.807) is 6.07 Å². The van der Waals surface area contributed by atoms with Crippen LogP contribution >= 0.6 is 0 Å². The van der Waals surface area contributed by atoms with Gasteiger partial charge in [-0.2, -0.15) is 0 Å². The van der Waals surface area contributed by atoms with Gasteiger partial charge in [-0.15, -0.1) is 0 Å². The molecule has 0 aliphatic carbocycles. The number of hydrogen-bond donors (Lipinski definition) is 2. The van der Waals surface area contributed by atoms with Crippen molar-refractivity contribution in [3.05, 3.63) is 35.1 Å². The summed E-state index contributed by atoms with van der Waals surface area (Å²) < 4.78 is 13.6. The second-order valence-electron chi connectivity index (χ2n) is 6.41. The molecule has 2 N–H and O–H groups in total. The van der Waals surface area contributed by atoms with Crippen LogP contribution in [0.1, 0.15) is 11.1 Å². The van der Waals surface area contributed by atoms with Crippen LogP contribution in [-0.4, -0.2) is 66.5 Å². The average molecular weight is 310 g/mol. The number of aliphatic hydroxyl groups is 2. The van der Waals surface area contributed by atoms with E-state index in [2.05, 4.69) is 9.80 Å². The van der Waals surface area contributed by atoms with Crippen molar-refractivity contribution in [1.82, 2.24) is 9.80 Å². The Labute approximate surface area is 132 Å². The lowest BCUT2D eigenvalue weighted by Gasteiger charge is -2.23. The summed E-state index contributed by atoms with van der Waals surface area (Å²) in [5.41, 5.74) is 1.73. The highest BCUT2D eigenvalue weighted by atomic mass is 19.1. The number of aliphatic hydroxyl groups excluding tert-OH is 2. The van der Waals surface area contributed by atoms with Crippen LogP contribution in [0.4, 0.5) is 4.39 Å². The van der Waals surface area contributed by atoms with Crippen molar-refractivity contribution in [3.8, 4) is 0 Å². The van der Waals surface area contributed by atoms with Crippen molar-refractivity contribution in [2.45, 2.75) is 13.5 Å². The third-order valence-corrected chi connectivity index (χ3v) is 4.69. The highest BCUT2D eigenvalue weighted by Crippen LogP contribution is 2.26. The van der Waals surface area contributed by atoms with Crippen LogP contribution in [0.25, 0.3) is 0 Å². The van der Waals surface area contributed by atoms with Gasteiger partial charge in [-0.25, -0.2) is 4.39 Å². The summed E-state index contributed by atoms with van der Waals surface area (Å²) in [7, 11) is 1.99. The van der Waals surface area contributed by atoms with Gasteiger partial charge in [0.2, 0.25) is 0 Å². The fourth-order valence-electron chi connectivity index (χ4n) is 3.31. The Kier molecular flexibility index (Phi) is 6.32. The lowest BCUT2D eigenvalue weighted by atomic mass is 9.96. The van der Waals surface area contributed by atoms with Crippen LogP contribution in [0.2, 0.25) is 0 Å². The minimum Gasteiger partial charge on any atom is -0.396 e. The van der Waals surface area contributed by atoms with E-state index < -0.39 is 0 Å². The van der Waals surface area contributed by atoms with Gasteiger partial charge >= 0.3 is 0 Å². The zero-order valence-electron chi connectivity index (χ0n) is 13.5. The topological polar surface area (TPSA) is 46.9 Å². The predicted molar refractivity (Wildman–Crippen MR) is 85.1 cm³/mol. The van der Waals surface area contributed by atoms with Crippen LogP contribution in [0, 0.1) is 24.6 Å². The molecule has 0 aromatic heterocycles. The molecule has 1 aromatic carbocycles. The first kappa shape index (κ1) is 17.3. The van der Waals surface area contributed by atoms with Gasteiger partial charge in [0.1, 0.15) is 5.82 Å². The smallest absolute Gasteiger partial charge is 0.126 e. The maximum Gasteiger partial charge on any atom is 0.126 e. The number of nitrogens with zero attached hydrogens (tertiary/aromatic N) is 2. The van der Waals surface area contributed by atoms with Gasteiger partial charge in [0.25, 0.3) is 0 Å². The van der Waals surface area contributed by atoms with Crippen LogP contribution in [0.3, 0.4) is 0 Å². The van der Waals surface area contributed by atoms with E-state index in [0.29, 0.717) is 18.0 Å². The number of hydrogen-bond acceptors (Lipinski definition) is 4. The molecule has 4 nitrogen and oxygen atoms in total. The van der Waals surface area contributed by atoms with Crippen molar-refractivity contribution in [3.63, 3.8) is 0 Å². The number of halogens is 1. The second-order valence-corrected chi connectivity index (χ2v) is 6.41. The zero-order chi connectivity index (χ0) is 16.1. The summed E-state index contributed by atoms with van der Waals surface area (Å²) >= 11 is 0. The molecular formula is C17H27FN2O2. The van der Waals surface area contributed by atoms with Gasteiger partial charge in [0.15, 0.2) is 0 Å². The third kappa shape index (κ3) is 4.26. The van der Waals surface area contributed by atoms with Gasteiger partial charge in [-0.1, -0.05) is 12.1 Å². The Morgan fingerprint density at radius 3 is 2.68 bits per heavy atom. The standard InChI is InChI=1S/C17H27FN2O2/c1-13-14(4-3-5-17(13)18)9-20-10-15(16(11-20)12-22)8-19(2)6-7-21/h3-5,15-16,21-22H,6-12H2,1-2H3. The second kappa shape index (κ2) is 8.02. The first-order valence-electron chi connectivity index (χ1n) is 7.91. The summed E-state index contributed by atoms with van der Waals surface area (Å²) in [6.07, 6.45) is 0. The van der Waals surface area contributed by atoms with E-state index >= 15 is 0 Å². The molecule has 2 unspecified atom stereocenters. The molecule has 0 spiro atoms. The summed E-state index contributed by atoms with van der Waals surface area (Å²) in [6.45, 7) is 6.12. The Bertz CT molecular complexity index is 484. The Hall–Kier alpha value is -1.01. The normalized spacial score (nSPS) is 22.6. The van der Waals surface area contributed by atoms with Crippen molar-refractivity contribution in [2.24, 2.45) is 11.8 Å². The molecule has 1 aliphatic rings. The minimum atomic E-state index is -0.158. The Morgan fingerprint density at radius 1 is 1.27 bits per heavy atom. The van der Waals surface area contributed by atoms with E-state index in [1.807, 2.05) is 20.0 Å². The van der Waals surface area contributed by atoms with Crippen molar-refractivity contribution < 1.29 is 14.6 Å². The largest absolute Gasteiger partial charge is 0.396 e. The lowest BCUT2D eigenvalue weighted by molar-refractivity contribution is 0.160. The number of likely N-dealkylation sites (tertiary alicyclic amines) is 1. The van der Waals surface area contributed by atoms with E-state index in [-0.39, 0.29) is 24.9 Å². The maximum absolute atomic E-state index is 13.6. The molecule has 2 atom stereocenters. The van der Waals surface area contributed by atoms with E-state index in [9.17, 15) is 9.50 Å². The Morgan fingerprint density at radius 2 is 2.00 bits per heavy atom. The molecule has 0 saturated carbocycles. The molecule has 1 fully saturated rings. The molecule has 22 heavy (non-hydrogen) atoms. The van der Waals surface area contributed by atoms with Gasteiger partial charge in [0.05, 0.1) is 6.61 Å². The van der Waals surface area contributed by atoms with E-state index in [4.69, 9.17) is 5.11 Å². The highest BCUT2D eigenvalue weighted by Gasteiger charge is 2.32. The number of benzene rings is 1.